The standard InChI is InChI=1S/C43H30N2O/c1-3-5-15-29(4-2)44-37-22-10-7-18-34(37)42-38(44)26-25-33-32-17-6-9-21-36(32)45(43(33)42)30-16-12-14-28(27-30)31-20-13-24-40-41(31)35-19-8-11-23-39(35)46-40/h3-27H,1H2,2H3/b15-5-,29-4+. The summed E-state index contributed by atoms with van der Waals surface area (Å²) in [6.45, 7) is 6.00. The zero-order valence-electron chi connectivity index (χ0n) is 25.4. The normalized spacial score (nSPS) is 12.6. The average molecular weight is 591 g/mol. The van der Waals surface area contributed by atoms with Gasteiger partial charge < -0.3 is 13.6 Å². The molecule has 3 heterocycles. The van der Waals surface area contributed by atoms with Crippen molar-refractivity contribution >= 4 is 71.2 Å². The lowest BCUT2D eigenvalue weighted by Gasteiger charge is -2.12. The van der Waals surface area contributed by atoms with E-state index in [9.17, 15) is 0 Å². The summed E-state index contributed by atoms with van der Waals surface area (Å²) in [6.07, 6.45) is 8.12. The van der Waals surface area contributed by atoms with E-state index in [0.717, 1.165) is 38.9 Å². The van der Waals surface area contributed by atoms with Gasteiger partial charge in [0.2, 0.25) is 0 Å². The van der Waals surface area contributed by atoms with Crippen molar-refractivity contribution in [3.05, 3.63) is 158 Å². The Morgan fingerprint density at radius 2 is 1.37 bits per heavy atom. The van der Waals surface area contributed by atoms with Gasteiger partial charge in [0.05, 0.1) is 22.1 Å². The van der Waals surface area contributed by atoms with Gasteiger partial charge in [-0.05, 0) is 66.6 Å². The summed E-state index contributed by atoms with van der Waals surface area (Å²) < 4.78 is 11.1. The topological polar surface area (TPSA) is 23.0 Å². The molecule has 3 aromatic heterocycles. The molecule has 0 fully saturated rings. The number of fused-ring (bicyclic) bond motifs is 10. The smallest absolute Gasteiger partial charge is 0.136 e. The molecule has 3 nitrogen and oxygen atoms in total. The molecule has 0 atom stereocenters. The van der Waals surface area contributed by atoms with Crippen LogP contribution in [0.25, 0.3) is 88.1 Å². The fraction of sp³-hybridized carbons (Fsp3) is 0.0233. The molecule has 0 radical (unpaired) electrons. The van der Waals surface area contributed by atoms with Crippen LogP contribution in [-0.4, -0.2) is 9.13 Å². The highest BCUT2D eigenvalue weighted by atomic mass is 16.3. The molecule has 0 saturated carbocycles. The highest BCUT2D eigenvalue weighted by molar-refractivity contribution is 6.26. The van der Waals surface area contributed by atoms with E-state index in [1.165, 1.54) is 49.2 Å². The van der Waals surface area contributed by atoms with Gasteiger partial charge in [-0.15, -0.1) is 0 Å². The minimum Gasteiger partial charge on any atom is -0.456 e. The lowest BCUT2D eigenvalue weighted by atomic mass is 9.99. The molecule has 0 N–H and O–H groups in total. The molecule has 0 saturated heterocycles. The minimum absolute atomic E-state index is 0.903. The van der Waals surface area contributed by atoms with Crippen LogP contribution in [0.1, 0.15) is 6.92 Å². The van der Waals surface area contributed by atoms with E-state index < -0.39 is 0 Å². The van der Waals surface area contributed by atoms with Crippen LogP contribution in [0, 0.1) is 0 Å². The van der Waals surface area contributed by atoms with Crippen molar-refractivity contribution in [2.45, 2.75) is 6.92 Å². The number of allylic oxidation sites excluding steroid dienone is 5. The van der Waals surface area contributed by atoms with Gasteiger partial charge in [0.1, 0.15) is 11.2 Å². The molecule has 6 aromatic carbocycles. The Morgan fingerprint density at radius 3 is 2.22 bits per heavy atom. The maximum absolute atomic E-state index is 6.25. The van der Waals surface area contributed by atoms with Crippen LogP contribution in [0.4, 0.5) is 0 Å². The van der Waals surface area contributed by atoms with Gasteiger partial charge in [0.25, 0.3) is 0 Å². The molecule has 0 aliphatic rings. The molecule has 0 aliphatic carbocycles. The van der Waals surface area contributed by atoms with Crippen LogP contribution in [0.2, 0.25) is 0 Å². The van der Waals surface area contributed by atoms with Gasteiger partial charge in [-0.3, -0.25) is 0 Å². The molecule has 46 heavy (non-hydrogen) atoms. The summed E-state index contributed by atoms with van der Waals surface area (Å²) in [5.74, 6) is 0. The first-order valence-corrected chi connectivity index (χ1v) is 15.7. The second kappa shape index (κ2) is 10.3. The predicted molar refractivity (Wildman–Crippen MR) is 196 cm³/mol. The Balaban J connectivity index is 1.39. The number of aromatic nitrogens is 2. The number of para-hydroxylation sites is 3. The molecular formula is C43H30N2O. The van der Waals surface area contributed by atoms with Gasteiger partial charge in [0.15, 0.2) is 0 Å². The molecular weight excluding hydrogens is 560 g/mol. The number of hydrogen-bond acceptors (Lipinski definition) is 1. The van der Waals surface area contributed by atoms with Gasteiger partial charge in [0, 0.05) is 43.7 Å². The second-order valence-corrected chi connectivity index (χ2v) is 11.7. The van der Waals surface area contributed by atoms with Crippen LogP contribution >= 0.6 is 0 Å². The first kappa shape index (κ1) is 26.4. The van der Waals surface area contributed by atoms with Crippen molar-refractivity contribution in [3.63, 3.8) is 0 Å². The van der Waals surface area contributed by atoms with Gasteiger partial charge in [-0.2, -0.15) is 0 Å². The van der Waals surface area contributed by atoms with Crippen molar-refractivity contribution < 1.29 is 4.42 Å². The molecule has 0 unspecified atom stereocenters. The summed E-state index contributed by atoms with van der Waals surface area (Å²) in [4.78, 5) is 0. The van der Waals surface area contributed by atoms with E-state index in [1.54, 1.807) is 0 Å². The summed E-state index contributed by atoms with van der Waals surface area (Å²) >= 11 is 0. The van der Waals surface area contributed by atoms with Crippen molar-refractivity contribution in [1.29, 1.82) is 0 Å². The lowest BCUT2D eigenvalue weighted by Crippen LogP contribution is -1.96. The van der Waals surface area contributed by atoms with E-state index in [-0.39, 0.29) is 0 Å². The monoisotopic (exact) mass is 590 g/mol. The largest absolute Gasteiger partial charge is 0.456 e. The average Bonchev–Trinajstić information content (AvgIpc) is 3.77. The minimum atomic E-state index is 0.903. The maximum atomic E-state index is 6.25. The van der Waals surface area contributed by atoms with Crippen molar-refractivity contribution in [2.24, 2.45) is 0 Å². The zero-order chi connectivity index (χ0) is 30.8. The third-order valence-electron chi connectivity index (χ3n) is 9.24. The predicted octanol–water partition coefficient (Wildman–Crippen LogP) is 12.1. The summed E-state index contributed by atoms with van der Waals surface area (Å²) in [5, 5.41) is 7.23. The van der Waals surface area contributed by atoms with Gasteiger partial charge >= 0.3 is 0 Å². The Hall–Kier alpha value is -6.06. The number of nitrogens with zero attached hydrogens (tertiary/aromatic N) is 2. The van der Waals surface area contributed by atoms with Crippen LogP contribution in [0.15, 0.2) is 163 Å². The van der Waals surface area contributed by atoms with E-state index in [4.69, 9.17) is 4.42 Å². The highest BCUT2D eigenvalue weighted by Gasteiger charge is 2.21. The molecule has 0 amide bonds. The lowest BCUT2D eigenvalue weighted by molar-refractivity contribution is 0.669. The number of hydrogen-bond donors (Lipinski definition) is 0. The second-order valence-electron chi connectivity index (χ2n) is 11.7. The van der Waals surface area contributed by atoms with E-state index in [1.807, 2.05) is 24.3 Å². The summed E-state index contributed by atoms with van der Waals surface area (Å²) in [6, 6.07) is 45.6. The Morgan fingerprint density at radius 1 is 0.630 bits per heavy atom. The molecule has 0 bridgehead atoms. The van der Waals surface area contributed by atoms with Crippen LogP contribution in [0.3, 0.4) is 0 Å². The van der Waals surface area contributed by atoms with Crippen LogP contribution in [0.5, 0.6) is 0 Å². The first-order chi connectivity index (χ1) is 22.8. The maximum Gasteiger partial charge on any atom is 0.136 e. The SMILES string of the molecule is C=C/C=C\C(=C/C)n1c2ccccc2c2c1ccc1c3ccccc3n(-c3cccc(-c4cccc5oc6ccccc6c45)c3)c12. The number of rotatable bonds is 5. The van der Waals surface area contributed by atoms with Gasteiger partial charge in [-0.1, -0.05) is 110 Å². The molecule has 0 spiro atoms. The molecule has 9 aromatic rings. The number of benzene rings is 6. The van der Waals surface area contributed by atoms with Gasteiger partial charge in [-0.25, -0.2) is 0 Å². The third kappa shape index (κ3) is 3.72. The van der Waals surface area contributed by atoms with Crippen molar-refractivity contribution in [2.75, 3.05) is 0 Å². The summed E-state index contributed by atoms with van der Waals surface area (Å²) in [7, 11) is 0. The highest BCUT2D eigenvalue weighted by Crippen LogP contribution is 2.43. The van der Waals surface area contributed by atoms with Crippen LogP contribution in [-0.2, 0) is 0 Å². The first-order valence-electron chi connectivity index (χ1n) is 15.7. The molecule has 0 aliphatic heterocycles. The Labute approximate surface area is 266 Å². The van der Waals surface area contributed by atoms with Crippen LogP contribution < -0.4 is 0 Å². The number of furan rings is 1. The fourth-order valence-electron chi connectivity index (χ4n) is 7.35. The van der Waals surface area contributed by atoms with E-state index >= 15 is 0 Å². The molecule has 3 heteroatoms. The fourth-order valence-corrected chi connectivity index (χ4v) is 7.35. The Kier molecular flexibility index (Phi) is 5.87. The molecule has 9 rings (SSSR count). The summed E-state index contributed by atoms with van der Waals surface area (Å²) in [5.41, 5.74) is 11.1. The van der Waals surface area contributed by atoms with E-state index in [2.05, 4.69) is 150 Å². The zero-order valence-corrected chi connectivity index (χ0v) is 25.4. The third-order valence-corrected chi connectivity index (χ3v) is 9.24. The quantitative estimate of drug-likeness (QED) is 0.183. The Bertz CT molecular complexity index is 2730. The van der Waals surface area contributed by atoms with Crippen molar-refractivity contribution in [3.8, 4) is 16.8 Å². The molecule has 218 valence electrons. The van der Waals surface area contributed by atoms with Crippen molar-refractivity contribution in [1.82, 2.24) is 9.13 Å². The van der Waals surface area contributed by atoms with E-state index in [0.29, 0.717) is 0 Å².